The summed E-state index contributed by atoms with van der Waals surface area (Å²) in [5, 5.41) is 10.4. The van der Waals surface area contributed by atoms with E-state index in [0.29, 0.717) is 17.5 Å². The van der Waals surface area contributed by atoms with E-state index in [1.807, 2.05) is 6.07 Å². The zero-order valence-electron chi connectivity index (χ0n) is 13.2. The van der Waals surface area contributed by atoms with Crippen LogP contribution in [0.25, 0.3) is 11.0 Å². The van der Waals surface area contributed by atoms with Gasteiger partial charge in [0.2, 0.25) is 0 Å². The smallest absolute Gasteiger partial charge is 0.408 e. The molecule has 1 aromatic carbocycles. The maximum absolute atomic E-state index is 12.5. The second-order valence-corrected chi connectivity index (χ2v) is 5.94. The molecule has 1 aromatic heterocycles. The molecule has 1 unspecified atom stereocenters. The van der Waals surface area contributed by atoms with Crippen LogP contribution >= 0.6 is 0 Å². The third-order valence-corrected chi connectivity index (χ3v) is 2.96. The van der Waals surface area contributed by atoms with Crippen LogP contribution in [0.5, 0.6) is 0 Å². The van der Waals surface area contributed by atoms with Crippen molar-refractivity contribution in [3.63, 3.8) is 0 Å². The van der Waals surface area contributed by atoms with E-state index < -0.39 is 17.7 Å². The Morgan fingerprint density at radius 3 is 2.64 bits per heavy atom. The number of fused-ring (bicyclic) bond motifs is 1. The third-order valence-electron chi connectivity index (χ3n) is 2.96. The molecule has 1 atom stereocenters. The number of alkyl carbamates (subject to hydrolysis) is 1. The number of ether oxygens (including phenoxy) is 1. The molecule has 0 aliphatic carbocycles. The molecule has 2 aromatic rings. The van der Waals surface area contributed by atoms with Gasteiger partial charge in [0.05, 0.1) is 5.52 Å². The van der Waals surface area contributed by atoms with E-state index in [-0.39, 0.29) is 5.91 Å². The summed E-state index contributed by atoms with van der Waals surface area (Å²) >= 11 is 0. The van der Waals surface area contributed by atoms with Crippen LogP contribution in [0.3, 0.4) is 0 Å². The number of para-hydroxylation sites is 1. The van der Waals surface area contributed by atoms with Crippen LogP contribution in [-0.4, -0.2) is 38.6 Å². The van der Waals surface area contributed by atoms with Gasteiger partial charge < -0.3 is 10.1 Å². The second-order valence-electron chi connectivity index (χ2n) is 5.94. The van der Waals surface area contributed by atoms with Gasteiger partial charge in [-0.2, -0.15) is 4.68 Å². The molecule has 0 aliphatic heterocycles. The molecule has 0 fully saturated rings. The maximum Gasteiger partial charge on any atom is 0.408 e. The van der Waals surface area contributed by atoms with Crippen LogP contribution < -0.4 is 5.32 Å². The number of rotatable bonds is 3. The monoisotopic (exact) mass is 304 g/mol. The number of hydrogen-bond donors (Lipinski definition) is 1. The molecule has 7 heteroatoms. The van der Waals surface area contributed by atoms with Crippen molar-refractivity contribution in [1.82, 2.24) is 20.3 Å². The predicted octanol–water partition coefficient (Wildman–Crippen LogP) is 2.37. The molecule has 1 heterocycles. The Balaban J connectivity index is 2.17. The molecule has 0 bridgehead atoms. The lowest BCUT2D eigenvalue weighted by atomic mass is 10.2. The summed E-state index contributed by atoms with van der Waals surface area (Å²) in [7, 11) is 0. The molecule has 7 nitrogen and oxygen atoms in total. The highest BCUT2D eigenvalue weighted by atomic mass is 16.6. The highest BCUT2D eigenvalue weighted by molar-refractivity contribution is 5.93. The molecular weight excluding hydrogens is 284 g/mol. The van der Waals surface area contributed by atoms with Crippen LogP contribution in [0, 0.1) is 0 Å². The zero-order valence-corrected chi connectivity index (χ0v) is 13.2. The van der Waals surface area contributed by atoms with Crippen molar-refractivity contribution < 1.29 is 14.3 Å². The van der Waals surface area contributed by atoms with Gasteiger partial charge in [0.1, 0.15) is 17.2 Å². The van der Waals surface area contributed by atoms with Crippen molar-refractivity contribution in [2.24, 2.45) is 0 Å². The van der Waals surface area contributed by atoms with Crippen LogP contribution in [0.15, 0.2) is 24.3 Å². The molecule has 0 saturated heterocycles. The van der Waals surface area contributed by atoms with Crippen molar-refractivity contribution in [3.05, 3.63) is 24.3 Å². The Morgan fingerprint density at radius 1 is 1.32 bits per heavy atom. The largest absolute Gasteiger partial charge is 0.444 e. The number of aromatic nitrogens is 3. The molecule has 22 heavy (non-hydrogen) atoms. The van der Waals surface area contributed by atoms with Gasteiger partial charge in [-0.25, -0.2) is 4.79 Å². The number of hydrogen-bond acceptors (Lipinski definition) is 5. The quantitative estimate of drug-likeness (QED) is 0.940. The molecule has 0 spiro atoms. The highest BCUT2D eigenvalue weighted by Gasteiger charge is 2.25. The van der Waals surface area contributed by atoms with Crippen molar-refractivity contribution in [2.75, 3.05) is 0 Å². The SMILES string of the molecule is CCC(NC(=O)OC(C)(C)C)C(=O)n1nnc2ccccc21. The average Bonchev–Trinajstić information content (AvgIpc) is 2.86. The number of amides is 1. The van der Waals surface area contributed by atoms with Gasteiger partial charge in [-0.15, -0.1) is 5.10 Å². The van der Waals surface area contributed by atoms with E-state index in [0.717, 1.165) is 0 Å². The number of benzene rings is 1. The van der Waals surface area contributed by atoms with E-state index in [1.54, 1.807) is 45.9 Å². The number of nitrogens with zero attached hydrogens (tertiary/aromatic N) is 3. The predicted molar refractivity (Wildman–Crippen MR) is 81.6 cm³/mol. The van der Waals surface area contributed by atoms with Crippen molar-refractivity contribution >= 4 is 23.0 Å². The fraction of sp³-hybridized carbons (Fsp3) is 0.467. The number of carbonyl (C=O) groups excluding carboxylic acids is 2. The van der Waals surface area contributed by atoms with E-state index in [9.17, 15) is 9.59 Å². The topological polar surface area (TPSA) is 86.1 Å². The summed E-state index contributed by atoms with van der Waals surface area (Å²) in [5.41, 5.74) is 0.616. The average molecular weight is 304 g/mol. The second kappa shape index (κ2) is 6.13. The Morgan fingerprint density at radius 2 is 2.00 bits per heavy atom. The molecule has 1 amide bonds. The first kappa shape index (κ1) is 15.9. The lowest BCUT2D eigenvalue weighted by Gasteiger charge is -2.22. The number of nitrogens with one attached hydrogen (secondary N) is 1. The Kier molecular flexibility index (Phi) is 4.44. The van der Waals surface area contributed by atoms with Crippen molar-refractivity contribution in [2.45, 2.75) is 45.8 Å². The van der Waals surface area contributed by atoms with Gasteiger partial charge >= 0.3 is 6.09 Å². The lowest BCUT2D eigenvalue weighted by Crippen LogP contribution is -2.45. The molecular formula is C15H20N4O3. The minimum atomic E-state index is -0.722. The summed E-state index contributed by atoms with van der Waals surface area (Å²) in [5.74, 6) is -0.345. The fourth-order valence-electron chi connectivity index (χ4n) is 1.97. The molecule has 0 saturated carbocycles. The van der Waals surface area contributed by atoms with Gasteiger partial charge in [-0.05, 0) is 39.3 Å². The molecule has 2 rings (SSSR count). The minimum Gasteiger partial charge on any atom is -0.444 e. The third kappa shape index (κ3) is 3.60. The van der Waals surface area contributed by atoms with Crippen LogP contribution in [0.4, 0.5) is 4.79 Å². The first-order chi connectivity index (χ1) is 10.3. The summed E-state index contributed by atoms with van der Waals surface area (Å²) < 4.78 is 6.39. The summed E-state index contributed by atoms with van der Waals surface area (Å²) in [4.78, 5) is 24.4. The molecule has 118 valence electrons. The number of carbonyl (C=O) groups is 2. The summed E-state index contributed by atoms with van der Waals surface area (Å²) in [6, 6.07) is 6.43. The zero-order chi connectivity index (χ0) is 16.3. The van der Waals surface area contributed by atoms with Crippen LogP contribution in [0.2, 0.25) is 0 Å². The van der Waals surface area contributed by atoms with E-state index >= 15 is 0 Å². The van der Waals surface area contributed by atoms with E-state index in [1.165, 1.54) is 4.68 Å². The molecule has 0 radical (unpaired) electrons. The lowest BCUT2D eigenvalue weighted by molar-refractivity contribution is 0.0479. The Labute approximate surface area is 128 Å². The van der Waals surface area contributed by atoms with Crippen LogP contribution in [-0.2, 0) is 4.74 Å². The van der Waals surface area contributed by atoms with Crippen molar-refractivity contribution in [1.29, 1.82) is 0 Å². The van der Waals surface area contributed by atoms with Crippen molar-refractivity contribution in [3.8, 4) is 0 Å². The first-order valence-electron chi connectivity index (χ1n) is 7.16. The minimum absolute atomic E-state index is 0.345. The standard InChI is InChI=1S/C15H20N4O3/c1-5-10(16-14(21)22-15(2,3)4)13(20)19-12-9-7-6-8-11(12)17-18-19/h6-10H,5H2,1-4H3,(H,16,21). The molecule has 0 aliphatic rings. The fourth-order valence-corrected chi connectivity index (χ4v) is 1.97. The highest BCUT2D eigenvalue weighted by Crippen LogP contribution is 2.12. The summed E-state index contributed by atoms with van der Waals surface area (Å²) in [6.45, 7) is 7.10. The normalized spacial score (nSPS) is 12.9. The van der Waals surface area contributed by atoms with Gasteiger partial charge in [0.15, 0.2) is 0 Å². The summed E-state index contributed by atoms with van der Waals surface area (Å²) in [6.07, 6.45) is -0.205. The maximum atomic E-state index is 12.5. The Hall–Kier alpha value is -2.44. The van der Waals surface area contributed by atoms with E-state index in [4.69, 9.17) is 4.74 Å². The van der Waals surface area contributed by atoms with Crippen LogP contribution in [0.1, 0.15) is 38.9 Å². The van der Waals surface area contributed by atoms with Gasteiger partial charge in [0.25, 0.3) is 5.91 Å². The van der Waals surface area contributed by atoms with E-state index in [2.05, 4.69) is 15.6 Å². The van der Waals surface area contributed by atoms with Gasteiger partial charge in [0, 0.05) is 0 Å². The van der Waals surface area contributed by atoms with Gasteiger partial charge in [-0.1, -0.05) is 24.3 Å². The first-order valence-corrected chi connectivity index (χ1v) is 7.16. The Bertz CT molecular complexity index is 687. The molecule has 1 N–H and O–H groups in total. The van der Waals surface area contributed by atoms with Gasteiger partial charge in [-0.3, -0.25) is 4.79 Å².